The number of ether oxygens (including phenoxy) is 1. The van der Waals surface area contributed by atoms with E-state index in [0.29, 0.717) is 17.0 Å². The Kier molecular flexibility index (Phi) is 7.47. The van der Waals surface area contributed by atoms with E-state index in [4.69, 9.17) is 4.74 Å². The summed E-state index contributed by atoms with van der Waals surface area (Å²) >= 11 is 0. The maximum atomic E-state index is 13.7. The molecule has 1 atom stereocenters. The minimum absolute atomic E-state index is 0.0484. The molecule has 1 aromatic heterocycles. The van der Waals surface area contributed by atoms with Gasteiger partial charge in [0.25, 0.3) is 5.91 Å². The van der Waals surface area contributed by atoms with Gasteiger partial charge in [-0.15, -0.1) is 0 Å². The van der Waals surface area contributed by atoms with Crippen LogP contribution in [0.3, 0.4) is 0 Å². The average Bonchev–Trinajstić information content (AvgIpc) is 2.89. The summed E-state index contributed by atoms with van der Waals surface area (Å²) in [7, 11) is 1.56. The standard InChI is InChI=1S/C26H27FN4O3/c1-34-23-13-7-18(8-14-23)24(25(32)30-21-5-3-2-4-6-21)31(22-11-9-20(27)10-12-22)26(33)19-15-28-17-29-16-19/h7-17,21,24H,2-6H2,1H3,(H,30,32)/t24-/m0/s1. The summed E-state index contributed by atoms with van der Waals surface area (Å²) in [6, 6.07) is 11.6. The van der Waals surface area contributed by atoms with Crippen molar-refractivity contribution in [2.75, 3.05) is 12.0 Å². The maximum absolute atomic E-state index is 13.7. The number of carbonyl (C=O) groups is 2. The molecule has 8 heteroatoms. The average molecular weight is 463 g/mol. The van der Waals surface area contributed by atoms with Crippen molar-refractivity contribution in [2.45, 2.75) is 44.2 Å². The largest absolute Gasteiger partial charge is 0.497 e. The van der Waals surface area contributed by atoms with Gasteiger partial charge in [0.1, 0.15) is 23.9 Å². The summed E-state index contributed by atoms with van der Waals surface area (Å²) in [6.07, 6.45) is 9.20. The van der Waals surface area contributed by atoms with Crippen molar-refractivity contribution in [3.05, 3.63) is 84.2 Å². The summed E-state index contributed by atoms with van der Waals surface area (Å²) in [5, 5.41) is 3.14. The van der Waals surface area contributed by atoms with Crippen LogP contribution in [0.5, 0.6) is 5.75 Å². The Labute approximate surface area is 198 Å². The third-order valence-corrected chi connectivity index (χ3v) is 6.02. The van der Waals surface area contributed by atoms with Crippen LogP contribution in [0.4, 0.5) is 10.1 Å². The number of halogens is 1. The Morgan fingerprint density at radius 2 is 1.65 bits per heavy atom. The second kappa shape index (κ2) is 10.9. The zero-order valence-corrected chi connectivity index (χ0v) is 19.0. The number of benzene rings is 2. The monoisotopic (exact) mass is 462 g/mol. The summed E-state index contributed by atoms with van der Waals surface area (Å²) < 4.78 is 19.0. The van der Waals surface area contributed by atoms with Crippen LogP contribution in [0.25, 0.3) is 0 Å². The van der Waals surface area contributed by atoms with E-state index in [9.17, 15) is 14.0 Å². The molecule has 176 valence electrons. The van der Waals surface area contributed by atoms with Crippen LogP contribution in [-0.2, 0) is 4.79 Å². The molecule has 0 bridgehead atoms. The topological polar surface area (TPSA) is 84.4 Å². The zero-order chi connectivity index (χ0) is 23.9. The normalized spacial score (nSPS) is 14.8. The van der Waals surface area contributed by atoms with E-state index in [1.54, 1.807) is 31.4 Å². The van der Waals surface area contributed by atoms with Crippen molar-refractivity contribution in [1.29, 1.82) is 0 Å². The van der Waals surface area contributed by atoms with Crippen LogP contribution in [0.2, 0.25) is 0 Å². The predicted octanol–water partition coefficient (Wildman–Crippen LogP) is 4.46. The lowest BCUT2D eigenvalue weighted by molar-refractivity contribution is -0.123. The molecule has 1 saturated carbocycles. The maximum Gasteiger partial charge on any atom is 0.262 e. The van der Waals surface area contributed by atoms with E-state index < -0.39 is 17.8 Å². The Morgan fingerprint density at radius 3 is 2.26 bits per heavy atom. The Hall–Kier alpha value is -3.81. The summed E-state index contributed by atoms with van der Waals surface area (Å²) in [5.41, 5.74) is 1.20. The van der Waals surface area contributed by atoms with Crippen molar-refractivity contribution in [2.24, 2.45) is 0 Å². The van der Waals surface area contributed by atoms with Crippen LogP contribution in [0, 0.1) is 5.82 Å². The first-order chi connectivity index (χ1) is 16.6. The van der Waals surface area contributed by atoms with Gasteiger partial charge in [0.2, 0.25) is 5.91 Å². The number of rotatable bonds is 7. The van der Waals surface area contributed by atoms with E-state index in [1.807, 2.05) is 0 Å². The van der Waals surface area contributed by atoms with E-state index in [2.05, 4.69) is 15.3 Å². The Morgan fingerprint density at radius 1 is 1.00 bits per heavy atom. The highest BCUT2D eigenvalue weighted by molar-refractivity contribution is 6.09. The molecule has 1 fully saturated rings. The van der Waals surface area contributed by atoms with Crippen molar-refractivity contribution >= 4 is 17.5 Å². The lowest BCUT2D eigenvalue weighted by Crippen LogP contribution is -2.47. The molecule has 0 radical (unpaired) electrons. The SMILES string of the molecule is COc1ccc([C@@H](C(=O)NC2CCCCC2)N(C(=O)c2cncnc2)c2ccc(F)cc2)cc1. The van der Waals surface area contributed by atoms with Crippen molar-refractivity contribution in [1.82, 2.24) is 15.3 Å². The third-order valence-electron chi connectivity index (χ3n) is 6.02. The van der Waals surface area contributed by atoms with Crippen LogP contribution < -0.4 is 15.0 Å². The molecule has 1 aliphatic rings. The number of amides is 2. The number of hydrogen-bond acceptors (Lipinski definition) is 5. The lowest BCUT2D eigenvalue weighted by atomic mass is 9.94. The molecule has 34 heavy (non-hydrogen) atoms. The fourth-order valence-corrected chi connectivity index (χ4v) is 4.26. The van der Waals surface area contributed by atoms with Crippen LogP contribution in [-0.4, -0.2) is 34.9 Å². The van der Waals surface area contributed by atoms with Gasteiger partial charge in [-0.05, 0) is 54.8 Å². The van der Waals surface area contributed by atoms with E-state index in [1.165, 1.54) is 47.9 Å². The summed E-state index contributed by atoms with van der Waals surface area (Å²) in [5.74, 6) is -0.573. The van der Waals surface area contributed by atoms with Crippen molar-refractivity contribution in [3.8, 4) is 5.75 Å². The second-order valence-corrected chi connectivity index (χ2v) is 8.30. The first-order valence-corrected chi connectivity index (χ1v) is 11.4. The van der Waals surface area contributed by atoms with Gasteiger partial charge in [-0.2, -0.15) is 0 Å². The molecule has 4 rings (SSSR count). The molecular formula is C26H27FN4O3. The van der Waals surface area contributed by atoms with Crippen molar-refractivity contribution < 1.29 is 18.7 Å². The predicted molar refractivity (Wildman–Crippen MR) is 126 cm³/mol. The fraction of sp³-hybridized carbons (Fsp3) is 0.308. The van der Waals surface area contributed by atoms with Gasteiger partial charge in [-0.1, -0.05) is 31.4 Å². The highest BCUT2D eigenvalue weighted by Crippen LogP contribution is 2.31. The summed E-state index contributed by atoms with van der Waals surface area (Å²) in [6.45, 7) is 0. The second-order valence-electron chi connectivity index (χ2n) is 8.30. The third kappa shape index (κ3) is 5.39. The van der Waals surface area contributed by atoms with Gasteiger partial charge in [-0.3, -0.25) is 14.5 Å². The number of nitrogens with zero attached hydrogens (tertiary/aromatic N) is 3. The van der Waals surface area contributed by atoms with Crippen LogP contribution >= 0.6 is 0 Å². The van der Waals surface area contributed by atoms with E-state index in [-0.39, 0.29) is 17.5 Å². The molecule has 2 amide bonds. The number of aromatic nitrogens is 2. The van der Waals surface area contributed by atoms with Gasteiger partial charge in [0, 0.05) is 24.1 Å². The van der Waals surface area contributed by atoms with Gasteiger partial charge in [0.05, 0.1) is 12.7 Å². The van der Waals surface area contributed by atoms with Gasteiger partial charge >= 0.3 is 0 Å². The number of nitrogens with one attached hydrogen (secondary N) is 1. The van der Waals surface area contributed by atoms with Crippen LogP contribution in [0.15, 0.2) is 67.3 Å². The molecule has 0 unspecified atom stereocenters. The molecule has 0 aliphatic heterocycles. The Bertz CT molecular complexity index is 1100. The number of carbonyl (C=O) groups excluding carboxylic acids is 2. The molecule has 2 aromatic carbocycles. The number of methoxy groups -OCH3 is 1. The Balaban J connectivity index is 1.79. The molecule has 1 heterocycles. The summed E-state index contributed by atoms with van der Waals surface area (Å²) in [4.78, 5) is 36.7. The highest BCUT2D eigenvalue weighted by Gasteiger charge is 2.35. The van der Waals surface area contributed by atoms with E-state index in [0.717, 1.165) is 32.1 Å². The lowest BCUT2D eigenvalue weighted by Gasteiger charge is -2.33. The molecule has 0 spiro atoms. The fourth-order valence-electron chi connectivity index (χ4n) is 4.26. The molecule has 3 aromatic rings. The molecule has 1 aliphatic carbocycles. The van der Waals surface area contributed by atoms with Gasteiger partial charge < -0.3 is 10.1 Å². The van der Waals surface area contributed by atoms with Crippen LogP contribution in [0.1, 0.15) is 54.1 Å². The smallest absolute Gasteiger partial charge is 0.262 e. The minimum Gasteiger partial charge on any atom is -0.497 e. The first-order valence-electron chi connectivity index (χ1n) is 11.4. The van der Waals surface area contributed by atoms with Gasteiger partial charge in [-0.25, -0.2) is 14.4 Å². The molecule has 7 nitrogen and oxygen atoms in total. The molecular weight excluding hydrogens is 435 g/mol. The first kappa shape index (κ1) is 23.4. The zero-order valence-electron chi connectivity index (χ0n) is 19.0. The highest BCUT2D eigenvalue weighted by atomic mass is 19.1. The molecule has 0 saturated heterocycles. The van der Waals surface area contributed by atoms with Gasteiger partial charge in [0.15, 0.2) is 0 Å². The van der Waals surface area contributed by atoms with E-state index >= 15 is 0 Å². The number of hydrogen-bond donors (Lipinski definition) is 1. The van der Waals surface area contributed by atoms with Crippen molar-refractivity contribution in [3.63, 3.8) is 0 Å². The molecule has 1 N–H and O–H groups in total. The number of anilines is 1. The minimum atomic E-state index is -0.994. The quantitative estimate of drug-likeness (QED) is 0.560.